The molecule has 1 aliphatic rings. The van der Waals surface area contributed by atoms with Gasteiger partial charge in [0, 0.05) is 45.8 Å². The van der Waals surface area contributed by atoms with Crippen molar-refractivity contribution in [3.8, 4) is 0 Å². The molecule has 8 heteroatoms. The van der Waals surface area contributed by atoms with Gasteiger partial charge in [-0.2, -0.15) is 0 Å². The topological polar surface area (TPSA) is 90.0 Å². The molecule has 162 valence electrons. The van der Waals surface area contributed by atoms with Gasteiger partial charge in [0.15, 0.2) is 0 Å². The Hall–Kier alpha value is -2.26. The molecule has 0 unspecified atom stereocenters. The lowest BCUT2D eigenvalue weighted by Gasteiger charge is -2.29. The van der Waals surface area contributed by atoms with Crippen LogP contribution in [0, 0.1) is 0 Å². The Bertz CT molecular complexity index is 966. The second kappa shape index (κ2) is 9.70. The number of aliphatic hydroxyl groups excluding tert-OH is 1. The molecule has 0 aromatic heterocycles. The van der Waals surface area contributed by atoms with Crippen molar-refractivity contribution >= 4 is 15.9 Å². The van der Waals surface area contributed by atoms with Crippen LogP contribution < -0.4 is 5.32 Å². The Morgan fingerprint density at radius 3 is 2.37 bits per heavy atom. The summed E-state index contributed by atoms with van der Waals surface area (Å²) in [7, 11) is -0.667. The monoisotopic (exact) mass is 431 g/mol. The summed E-state index contributed by atoms with van der Waals surface area (Å²) in [6.45, 7) is 3.02. The molecule has 0 saturated carbocycles. The van der Waals surface area contributed by atoms with E-state index in [1.54, 1.807) is 12.1 Å². The number of hydrogen-bond donors (Lipinski definition) is 2. The smallest absolute Gasteiger partial charge is 0.251 e. The molecule has 2 aromatic rings. The van der Waals surface area contributed by atoms with E-state index in [2.05, 4.69) is 22.3 Å². The van der Waals surface area contributed by atoms with Crippen LogP contribution in [0.15, 0.2) is 53.4 Å². The molecule has 0 aliphatic carbocycles. The van der Waals surface area contributed by atoms with Crippen molar-refractivity contribution in [1.82, 2.24) is 14.5 Å². The third kappa shape index (κ3) is 5.66. The first-order chi connectivity index (χ1) is 14.3. The zero-order chi connectivity index (χ0) is 21.7. The van der Waals surface area contributed by atoms with Crippen molar-refractivity contribution in [2.75, 3.05) is 27.2 Å². The maximum absolute atomic E-state index is 12.5. The van der Waals surface area contributed by atoms with E-state index >= 15 is 0 Å². The van der Waals surface area contributed by atoms with Crippen LogP contribution >= 0.6 is 0 Å². The van der Waals surface area contributed by atoms with E-state index in [1.165, 1.54) is 31.8 Å². The second-order valence-electron chi connectivity index (χ2n) is 7.82. The molecule has 0 radical (unpaired) electrons. The minimum atomic E-state index is -3.58. The quantitative estimate of drug-likeness (QED) is 0.698. The Labute approximate surface area is 178 Å². The van der Waals surface area contributed by atoms with Gasteiger partial charge in [-0.25, -0.2) is 12.7 Å². The molecular formula is C22H29N3O4S. The number of aliphatic hydroxyl groups is 1. The summed E-state index contributed by atoms with van der Waals surface area (Å²) in [5.41, 5.74) is 2.48. The summed E-state index contributed by atoms with van der Waals surface area (Å²) in [6.07, 6.45) is 1.47. The fourth-order valence-electron chi connectivity index (χ4n) is 3.39. The fourth-order valence-corrected chi connectivity index (χ4v) is 4.34. The van der Waals surface area contributed by atoms with Crippen LogP contribution in [0.1, 0.15) is 34.3 Å². The van der Waals surface area contributed by atoms with E-state index in [0.717, 1.165) is 42.3 Å². The van der Waals surface area contributed by atoms with E-state index in [9.17, 15) is 18.3 Å². The Balaban J connectivity index is 1.56. The van der Waals surface area contributed by atoms with Gasteiger partial charge in [0.1, 0.15) is 0 Å². The van der Waals surface area contributed by atoms with Crippen molar-refractivity contribution < 1.29 is 18.3 Å². The molecule has 1 aliphatic heterocycles. The van der Waals surface area contributed by atoms with E-state index in [1.807, 2.05) is 12.1 Å². The molecule has 1 heterocycles. The van der Waals surface area contributed by atoms with Crippen LogP contribution in [0.4, 0.5) is 0 Å². The van der Waals surface area contributed by atoms with Gasteiger partial charge < -0.3 is 10.4 Å². The molecule has 1 fully saturated rings. The summed E-state index contributed by atoms with van der Waals surface area (Å²) in [6, 6.07) is 14.1. The predicted molar refractivity (Wildman–Crippen MR) is 115 cm³/mol. The first-order valence-corrected chi connectivity index (χ1v) is 11.5. The van der Waals surface area contributed by atoms with E-state index in [-0.39, 0.29) is 16.9 Å². The van der Waals surface area contributed by atoms with Gasteiger partial charge in [-0.05, 0) is 42.2 Å². The number of nitrogens with zero attached hydrogens (tertiary/aromatic N) is 2. The first kappa shape index (κ1) is 22.4. The summed E-state index contributed by atoms with van der Waals surface area (Å²) in [4.78, 5) is 14.9. The number of carbonyl (C=O) groups is 1. The highest BCUT2D eigenvalue weighted by atomic mass is 32.2. The van der Waals surface area contributed by atoms with Gasteiger partial charge in [0.25, 0.3) is 5.91 Å². The van der Waals surface area contributed by atoms with Gasteiger partial charge in [0.05, 0.1) is 11.0 Å². The number of nitrogens with one attached hydrogen (secondary N) is 1. The molecule has 0 atom stereocenters. The predicted octanol–water partition coefficient (Wildman–Crippen LogP) is 1.82. The van der Waals surface area contributed by atoms with Crippen LogP contribution in [0.2, 0.25) is 0 Å². The number of piperidine rings is 1. The lowest BCUT2D eigenvalue weighted by atomic mass is 10.1. The van der Waals surface area contributed by atoms with E-state index < -0.39 is 10.0 Å². The lowest BCUT2D eigenvalue weighted by molar-refractivity contribution is 0.0792. The molecular weight excluding hydrogens is 402 g/mol. The van der Waals surface area contributed by atoms with Crippen molar-refractivity contribution in [3.63, 3.8) is 0 Å². The van der Waals surface area contributed by atoms with Gasteiger partial charge in [-0.3, -0.25) is 9.69 Å². The Morgan fingerprint density at radius 2 is 1.73 bits per heavy atom. The lowest BCUT2D eigenvalue weighted by Crippen LogP contribution is -2.35. The molecule has 2 N–H and O–H groups in total. The van der Waals surface area contributed by atoms with Crippen LogP contribution in [-0.4, -0.2) is 61.9 Å². The summed E-state index contributed by atoms with van der Waals surface area (Å²) in [5.74, 6) is -0.318. The summed E-state index contributed by atoms with van der Waals surface area (Å²) in [5, 5.41) is 12.4. The van der Waals surface area contributed by atoms with Crippen molar-refractivity contribution in [1.29, 1.82) is 0 Å². The number of sulfonamides is 1. The molecule has 1 saturated heterocycles. The number of likely N-dealkylation sites (tertiary alicyclic amines) is 1. The van der Waals surface area contributed by atoms with Crippen LogP contribution in [0.25, 0.3) is 0 Å². The molecule has 1 amide bonds. The fraction of sp³-hybridized carbons (Fsp3) is 0.409. The summed E-state index contributed by atoms with van der Waals surface area (Å²) >= 11 is 0. The largest absolute Gasteiger partial charge is 0.393 e. The van der Waals surface area contributed by atoms with Gasteiger partial charge in [0.2, 0.25) is 10.0 Å². The second-order valence-corrected chi connectivity index (χ2v) is 9.97. The van der Waals surface area contributed by atoms with Crippen LogP contribution in [0.3, 0.4) is 0 Å². The first-order valence-electron chi connectivity index (χ1n) is 10.0. The zero-order valence-corrected chi connectivity index (χ0v) is 18.2. The van der Waals surface area contributed by atoms with Crippen LogP contribution in [0.5, 0.6) is 0 Å². The van der Waals surface area contributed by atoms with Gasteiger partial charge in [-0.1, -0.05) is 30.3 Å². The van der Waals surface area contributed by atoms with Crippen molar-refractivity contribution in [2.24, 2.45) is 0 Å². The SMILES string of the molecule is CN(C)S(=O)(=O)c1cccc(C(=O)NCc2ccc(CN3CCC(O)CC3)cc2)c1. The number of hydrogen-bond acceptors (Lipinski definition) is 5. The van der Waals surface area contributed by atoms with E-state index in [4.69, 9.17) is 0 Å². The highest BCUT2D eigenvalue weighted by Crippen LogP contribution is 2.16. The Morgan fingerprint density at radius 1 is 1.10 bits per heavy atom. The molecule has 30 heavy (non-hydrogen) atoms. The number of benzene rings is 2. The van der Waals surface area contributed by atoms with E-state index in [0.29, 0.717) is 12.1 Å². The molecule has 7 nitrogen and oxygen atoms in total. The number of carbonyl (C=O) groups excluding carboxylic acids is 1. The molecule has 0 bridgehead atoms. The average Bonchev–Trinajstić information content (AvgIpc) is 2.74. The highest BCUT2D eigenvalue weighted by molar-refractivity contribution is 7.89. The van der Waals surface area contributed by atoms with Gasteiger partial charge >= 0.3 is 0 Å². The summed E-state index contributed by atoms with van der Waals surface area (Å²) < 4.78 is 25.6. The standard InChI is InChI=1S/C22H29N3O4S/c1-24(2)30(28,29)21-5-3-4-19(14-21)22(27)23-15-17-6-8-18(9-7-17)16-25-12-10-20(26)11-13-25/h3-9,14,20,26H,10-13,15-16H2,1-2H3,(H,23,27). The average molecular weight is 432 g/mol. The number of amides is 1. The minimum absolute atomic E-state index is 0.0923. The minimum Gasteiger partial charge on any atom is -0.393 e. The Kier molecular flexibility index (Phi) is 7.25. The normalized spacial score (nSPS) is 16.0. The highest BCUT2D eigenvalue weighted by Gasteiger charge is 2.19. The molecule has 2 aromatic carbocycles. The maximum atomic E-state index is 12.5. The van der Waals surface area contributed by atoms with Crippen molar-refractivity contribution in [2.45, 2.75) is 36.9 Å². The third-order valence-electron chi connectivity index (χ3n) is 5.31. The van der Waals surface area contributed by atoms with Crippen LogP contribution in [-0.2, 0) is 23.1 Å². The van der Waals surface area contributed by atoms with Gasteiger partial charge in [-0.15, -0.1) is 0 Å². The molecule has 0 spiro atoms. The third-order valence-corrected chi connectivity index (χ3v) is 7.13. The molecule has 3 rings (SSSR count). The zero-order valence-electron chi connectivity index (χ0n) is 17.4. The maximum Gasteiger partial charge on any atom is 0.251 e. The van der Waals surface area contributed by atoms with Crippen molar-refractivity contribution in [3.05, 3.63) is 65.2 Å². The number of rotatable bonds is 7.